The van der Waals surface area contributed by atoms with Gasteiger partial charge in [0.05, 0.1) is 12.4 Å². The van der Waals surface area contributed by atoms with Crippen molar-refractivity contribution in [2.75, 3.05) is 7.11 Å². The number of carbonyl (C=O) groups is 1. The van der Waals surface area contributed by atoms with Crippen molar-refractivity contribution in [2.24, 2.45) is 0 Å². The topological polar surface area (TPSA) is 69.0 Å². The standard InChI is InChI=1S/C28H36N4O2S/c1-19(26(33)29-18-20-10-16-24(34-5)17-11-20)35-27-31-30-25(32(27)23-8-6-7-9-23)21-12-14-22(15-13-21)28(2,3)4/h10-17,19,23H,6-9,18H2,1-5H3,(H,29,33)/t19-/m0/s1. The van der Waals surface area contributed by atoms with E-state index in [0.717, 1.165) is 40.7 Å². The van der Waals surface area contributed by atoms with E-state index < -0.39 is 0 Å². The van der Waals surface area contributed by atoms with E-state index in [2.05, 4.69) is 65.1 Å². The van der Waals surface area contributed by atoms with Gasteiger partial charge in [0.2, 0.25) is 5.91 Å². The minimum absolute atomic E-state index is 0.0112. The lowest BCUT2D eigenvalue weighted by Crippen LogP contribution is -2.30. The summed E-state index contributed by atoms with van der Waals surface area (Å²) < 4.78 is 7.48. The Bertz CT molecular complexity index is 1130. The van der Waals surface area contributed by atoms with E-state index in [4.69, 9.17) is 4.74 Å². The van der Waals surface area contributed by atoms with Crippen LogP contribution in [-0.4, -0.2) is 33.0 Å². The highest BCUT2D eigenvalue weighted by atomic mass is 32.2. The van der Waals surface area contributed by atoms with Gasteiger partial charge >= 0.3 is 0 Å². The largest absolute Gasteiger partial charge is 0.497 e. The summed E-state index contributed by atoms with van der Waals surface area (Å²) >= 11 is 1.49. The summed E-state index contributed by atoms with van der Waals surface area (Å²) in [6.07, 6.45) is 4.67. The highest BCUT2D eigenvalue weighted by Crippen LogP contribution is 2.38. The van der Waals surface area contributed by atoms with Gasteiger partial charge in [0.25, 0.3) is 0 Å². The van der Waals surface area contributed by atoms with Crippen molar-refractivity contribution in [3.8, 4) is 17.1 Å². The van der Waals surface area contributed by atoms with Crippen molar-refractivity contribution >= 4 is 17.7 Å². The second kappa shape index (κ2) is 10.9. The lowest BCUT2D eigenvalue weighted by Gasteiger charge is -2.20. The van der Waals surface area contributed by atoms with E-state index >= 15 is 0 Å². The highest BCUT2D eigenvalue weighted by molar-refractivity contribution is 8.00. The lowest BCUT2D eigenvalue weighted by molar-refractivity contribution is -0.120. The number of nitrogens with zero attached hydrogens (tertiary/aromatic N) is 3. The number of aromatic nitrogens is 3. The Kier molecular flexibility index (Phi) is 7.85. The molecule has 0 unspecified atom stereocenters. The fourth-order valence-electron chi connectivity index (χ4n) is 4.45. The minimum Gasteiger partial charge on any atom is -0.497 e. The highest BCUT2D eigenvalue weighted by Gasteiger charge is 2.27. The van der Waals surface area contributed by atoms with Crippen LogP contribution in [0.25, 0.3) is 11.4 Å². The van der Waals surface area contributed by atoms with Gasteiger partial charge in [-0.1, -0.05) is 81.8 Å². The summed E-state index contributed by atoms with van der Waals surface area (Å²) in [6, 6.07) is 16.8. The number of hydrogen-bond donors (Lipinski definition) is 1. The van der Waals surface area contributed by atoms with Crippen LogP contribution in [0.5, 0.6) is 5.75 Å². The Labute approximate surface area is 212 Å². The van der Waals surface area contributed by atoms with Gasteiger partial charge in [-0.25, -0.2) is 0 Å². The van der Waals surface area contributed by atoms with E-state index in [9.17, 15) is 4.79 Å². The van der Waals surface area contributed by atoms with Gasteiger partial charge in [-0.2, -0.15) is 0 Å². The Morgan fingerprint density at radius 3 is 2.34 bits per heavy atom. The van der Waals surface area contributed by atoms with Gasteiger partial charge < -0.3 is 10.1 Å². The first-order valence-electron chi connectivity index (χ1n) is 12.4. The molecule has 0 bridgehead atoms. The third-order valence-electron chi connectivity index (χ3n) is 6.64. The minimum atomic E-state index is -0.284. The van der Waals surface area contributed by atoms with Gasteiger partial charge in [0, 0.05) is 18.2 Å². The van der Waals surface area contributed by atoms with Crippen molar-refractivity contribution in [2.45, 2.75) is 81.8 Å². The SMILES string of the molecule is COc1ccc(CNC(=O)[C@H](C)Sc2nnc(-c3ccc(C(C)(C)C)cc3)n2C2CCCC2)cc1. The average molecular weight is 493 g/mol. The Hall–Kier alpha value is -2.80. The predicted molar refractivity (Wildman–Crippen MR) is 142 cm³/mol. The van der Waals surface area contributed by atoms with Gasteiger partial charge in [0.1, 0.15) is 5.75 Å². The molecule has 3 aromatic rings. The number of thioether (sulfide) groups is 1. The summed E-state index contributed by atoms with van der Waals surface area (Å²) in [7, 11) is 1.65. The van der Waals surface area contributed by atoms with Gasteiger partial charge in [-0.05, 0) is 48.4 Å². The zero-order valence-electron chi connectivity index (χ0n) is 21.4. The quantitative estimate of drug-likeness (QED) is 0.381. The maximum absolute atomic E-state index is 12.9. The molecule has 1 aliphatic rings. The summed E-state index contributed by atoms with van der Waals surface area (Å²) in [4.78, 5) is 12.9. The van der Waals surface area contributed by atoms with E-state index in [0.29, 0.717) is 12.6 Å². The summed E-state index contributed by atoms with van der Waals surface area (Å²) in [5, 5.41) is 12.7. The van der Waals surface area contributed by atoms with Crippen LogP contribution in [-0.2, 0) is 16.8 Å². The molecule has 1 aliphatic carbocycles. The fraction of sp³-hybridized carbons (Fsp3) is 0.464. The molecule has 2 aromatic carbocycles. The summed E-state index contributed by atoms with van der Waals surface area (Å²) in [6.45, 7) is 9.07. The van der Waals surface area contributed by atoms with Crippen LogP contribution in [0, 0.1) is 0 Å². The molecule has 1 aromatic heterocycles. The van der Waals surface area contributed by atoms with Gasteiger partial charge in [-0.3, -0.25) is 9.36 Å². The molecule has 1 fully saturated rings. The second-order valence-corrected chi connectivity index (χ2v) is 11.6. The molecule has 0 radical (unpaired) electrons. The second-order valence-electron chi connectivity index (χ2n) is 10.3. The monoisotopic (exact) mass is 492 g/mol. The molecule has 0 saturated heterocycles. The lowest BCUT2D eigenvalue weighted by atomic mass is 9.86. The number of nitrogens with one attached hydrogen (secondary N) is 1. The number of amides is 1. The van der Waals surface area contributed by atoms with E-state index in [-0.39, 0.29) is 16.6 Å². The number of rotatable bonds is 8. The molecular formula is C28H36N4O2S. The normalized spacial score (nSPS) is 15.2. The van der Waals surface area contributed by atoms with E-state index in [1.807, 2.05) is 31.2 Å². The molecule has 1 amide bonds. The third kappa shape index (κ3) is 6.07. The molecule has 186 valence electrons. The third-order valence-corrected chi connectivity index (χ3v) is 7.70. The number of methoxy groups -OCH3 is 1. The molecule has 7 heteroatoms. The van der Waals surface area contributed by atoms with Crippen molar-refractivity contribution in [3.63, 3.8) is 0 Å². The van der Waals surface area contributed by atoms with Crippen molar-refractivity contribution in [3.05, 3.63) is 59.7 Å². The molecule has 4 rings (SSSR count). The Morgan fingerprint density at radius 1 is 1.09 bits per heavy atom. The van der Waals surface area contributed by atoms with Crippen LogP contribution in [0.1, 0.15) is 70.5 Å². The molecule has 0 aliphatic heterocycles. The van der Waals surface area contributed by atoms with Gasteiger partial charge in [-0.15, -0.1) is 10.2 Å². The number of ether oxygens (including phenoxy) is 1. The van der Waals surface area contributed by atoms with Crippen LogP contribution < -0.4 is 10.1 Å². The maximum atomic E-state index is 12.9. The molecule has 35 heavy (non-hydrogen) atoms. The molecule has 1 atom stereocenters. The number of carbonyl (C=O) groups excluding carboxylic acids is 1. The smallest absolute Gasteiger partial charge is 0.233 e. The van der Waals surface area contributed by atoms with E-state index in [1.54, 1.807) is 7.11 Å². The Balaban J connectivity index is 1.49. The van der Waals surface area contributed by atoms with Crippen molar-refractivity contribution in [1.82, 2.24) is 20.1 Å². The zero-order chi connectivity index (χ0) is 25.0. The predicted octanol–water partition coefficient (Wildman–Crippen LogP) is 6.16. The molecule has 1 saturated carbocycles. The van der Waals surface area contributed by atoms with E-state index in [1.165, 1.54) is 30.2 Å². The first-order chi connectivity index (χ1) is 16.8. The zero-order valence-corrected chi connectivity index (χ0v) is 22.2. The molecule has 1 N–H and O–H groups in total. The average Bonchev–Trinajstić information content (AvgIpc) is 3.52. The number of benzene rings is 2. The summed E-state index contributed by atoms with van der Waals surface area (Å²) in [5.74, 6) is 1.69. The van der Waals surface area contributed by atoms with Crippen LogP contribution in [0.4, 0.5) is 0 Å². The molecule has 1 heterocycles. The Morgan fingerprint density at radius 2 is 1.74 bits per heavy atom. The van der Waals surface area contributed by atoms with Crippen LogP contribution in [0.3, 0.4) is 0 Å². The van der Waals surface area contributed by atoms with Gasteiger partial charge in [0.15, 0.2) is 11.0 Å². The van der Waals surface area contributed by atoms with Crippen LogP contribution in [0.2, 0.25) is 0 Å². The summed E-state index contributed by atoms with van der Waals surface area (Å²) in [5.41, 5.74) is 3.50. The molecule has 0 spiro atoms. The fourth-order valence-corrected chi connectivity index (χ4v) is 5.40. The van der Waals surface area contributed by atoms with Crippen molar-refractivity contribution < 1.29 is 9.53 Å². The first-order valence-corrected chi connectivity index (χ1v) is 13.3. The first kappa shape index (κ1) is 25.3. The number of hydrogen-bond acceptors (Lipinski definition) is 5. The van der Waals surface area contributed by atoms with Crippen LogP contribution in [0.15, 0.2) is 53.7 Å². The van der Waals surface area contributed by atoms with Crippen LogP contribution >= 0.6 is 11.8 Å². The van der Waals surface area contributed by atoms with Crippen molar-refractivity contribution in [1.29, 1.82) is 0 Å². The maximum Gasteiger partial charge on any atom is 0.233 e. The molecular weight excluding hydrogens is 456 g/mol. The molecule has 6 nitrogen and oxygen atoms in total.